The van der Waals surface area contributed by atoms with Crippen LogP contribution in [0.1, 0.15) is 57.3 Å². The Morgan fingerprint density at radius 3 is 2.75 bits per heavy atom. The first-order valence-electron chi connectivity index (χ1n) is 8.68. The van der Waals surface area contributed by atoms with Gasteiger partial charge in [0, 0.05) is 25.7 Å². The Bertz CT molecular complexity index is 526. The van der Waals surface area contributed by atoms with Gasteiger partial charge in [-0.15, -0.1) is 24.0 Å². The fraction of sp³-hybridized carbons (Fsp3) is 0.632. The van der Waals surface area contributed by atoms with E-state index in [1.165, 1.54) is 24.0 Å². The first-order chi connectivity index (χ1) is 11.0. The van der Waals surface area contributed by atoms with Crippen LogP contribution in [0.3, 0.4) is 0 Å². The molecule has 0 saturated heterocycles. The van der Waals surface area contributed by atoms with Gasteiger partial charge in [0.25, 0.3) is 0 Å². The predicted octanol–water partition coefficient (Wildman–Crippen LogP) is 4.05. The number of rotatable bonds is 5. The first-order valence-corrected chi connectivity index (χ1v) is 8.68. The Kier molecular flexibility index (Phi) is 9.05. The summed E-state index contributed by atoms with van der Waals surface area (Å²) >= 11 is 0. The van der Waals surface area contributed by atoms with E-state index in [2.05, 4.69) is 60.7 Å². The van der Waals surface area contributed by atoms with Crippen LogP contribution in [-0.4, -0.2) is 31.7 Å². The second kappa shape index (κ2) is 10.2. The Hall–Kier alpha value is -0.820. The van der Waals surface area contributed by atoms with Crippen LogP contribution >= 0.6 is 24.0 Å². The lowest BCUT2D eigenvalue weighted by atomic mass is 9.89. The number of halogens is 1. The van der Waals surface area contributed by atoms with Gasteiger partial charge in [-0.3, -0.25) is 4.99 Å². The summed E-state index contributed by atoms with van der Waals surface area (Å²) in [6, 6.07) is 8.68. The summed E-state index contributed by atoms with van der Waals surface area (Å²) < 4.78 is 6.13. The zero-order valence-electron chi connectivity index (χ0n) is 15.4. The summed E-state index contributed by atoms with van der Waals surface area (Å²) in [5, 5.41) is 6.70. The normalized spacial score (nSPS) is 17.7. The highest BCUT2D eigenvalue weighted by molar-refractivity contribution is 14.0. The van der Waals surface area contributed by atoms with E-state index < -0.39 is 0 Å². The van der Waals surface area contributed by atoms with Crippen LogP contribution in [0.15, 0.2) is 29.3 Å². The average Bonchev–Trinajstić information content (AvgIpc) is 2.52. The van der Waals surface area contributed by atoms with Gasteiger partial charge >= 0.3 is 0 Å². The fourth-order valence-corrected chi connectivity index (χ4v) is 2.92. The Morgan fingerprint density at radius 1 is 1.29 bits per heavy atom. The number of nitrogens with zero attached hydrogens (tertiary/aromatic N) is 1. The molecule has 1 aliphatic rings. The molecule has 0 heterocycles. The van der Waals surface area contributed by atoms with Gasteiger partial charge in [-0.05, 0) is 57.6 Å². The van der Waals surface area contributed by atoms with Gasteiger partial charge in [-0.25, -0.2) is 0 Å². The van der Waals surface area contributed by atoms with Crippen LogP contribution in [0.4, 0.5) is 0 Å². The maximum absolute atomic E-state index is 6.13. The second-order valence-corrected chi connectivity index (χ2v) is 7.18. The summed E-state index contributed by atoms with van der Waals surface area (Å²) in [6.45, 7) is 8.03. The molecule has 0 bridgehead atoms. The van der Waals surface area contributed by atoms with Crippen LogP contribution < -0.4 is 10.6 Å². The number of benzene rings is 1. The number of guanidine groups is 1. The van der Waals surface area contributed by atoms with E-state index in [0.29, 0.717) is 0 Å². The van der Waals surface area contributed by atoms with Gasteiger partial charge < -0.3 is 15.4 Å². The lowest BCUT2D eigenvalue weighted by Crippen LogP contribution is -2.47. The minimum absolute atomic E-state index is 0. The van der Waals surface area contributed by atoms with Crippen molar-refractivity contribution >= 4 is 29.9 Å². The van der Waals surface area contributed by atoms with Gasteiger partial charge in [0.2, 0.25) is 0 Å². The molecule has 0 saturated carbocycles. The second-order valence-electron chi connectivity index (χ2n) is 7.18. The molecule has 2 N–H and O–H groups in total. The van der Waals surface area contributed by atoms with Crippen LogP contribution in [0.2, 0.25) is 0 Å². The highest BCUT2D eigenvalue weighted by atomic mass is 127. The average molecular weight is 445 g/mol. The molecule has 2 rings (SSSR count). The van der Waals surface area contributed by atoms with E-state index in [1.54, 1.807) is 7.05 Å². The predicted molar refractivity (Wildman–Crippen MR) is 112 cm³/mol. The van der Waals surface area contributed by atoms with Crippen molar-refractivity contribution in [1.29, 1.82) is 0 Å². The third-order valence-electron chi connectivity index (χ3n) is 3.96. The summed E-state index contributed by atoms with van der Waals surface area (Å²) in [7, 11) is 1.80. The first kappa shape index (κ1) is 21.2. The maximum atomic E-state index is 6.13. The molecule has 0 spiro atoms. The lowest BCUT2D eigenvalue weighted by Gasteiger charge is -2.26. The molecule has 0 aromatic heterocycles. The van der Waals surface area contributed by atoms with Crippen molar-refractivity contribution < 1.29 is 4.74 Å². The number of ether oxygens (including phenoxy) is 1. The maximum Gasteiger partial charge on any atom is 0.191 e. The zero-order chi connectivity index (χ0) is 16.7. The van der Waals surface area contributed by atoms with Crippen molar-refractivity contribution in [1.82, 2.24) is 10.6 Å². The minimum atomic E-state index is 0. The highest BCUT2D eigenvalue weighted by Crippen LogP contribution is 2.32. The van der Waals surface area contributed by atoms with E-state index in [0.717, 1.165) is 32.0 Å². The minimum Gasteiger partial charge on any atom is -0.373 e. The summed E-state index contributed by atoms with van der Waals surface area (Å²) in [5.41, 5.74) is 2.86. The molecule has 1 unspecified atom stereocenters. The largest absolute Gasteiger partial charge is 0.373 e. The molecule has 1 atom stereocenters. The van der Waals surface area contributed by atoms with Crippen molar-refractivity contribution in [3.63, 3.8) is 0 Å². The molecule has 0 amide bonds. The van der Waals surface area contributed by atoms with Crippen molar-refractivity contribution in [2.45, 2.75) is 58.1 Å². The number of aryl methyl sites for hydroxylation is 1. The van der Waals surface area contributed by atoms with Gasteiger partial charge in [0.1, 0.15) is 0 Å². The molecule has 1 aromatic rings. The van der Waals surface area contributed by atoms with Crippen LogP contribution in [0, 0.1) is 0 Å². The molecule has 0 fully saturated rings. The standard InChI is InChI=1S/C19H31N3O.HI/c1-19(2,3)22-18(20-4)21-13-8-14-23-17-12-7-10-15-9-5-6-11-16(15)17;/h5-6,9,11,17H,7-8,10,12-14H2,1-4H3,(H2,20,21,22);1H. The molecule has 4 nitrogen and oxygen atoms in total. The van der Waals surface area contributed by atoms with Gasteiger partial charge in [0.05, 0.1) is 6.10 Å². The Labute approximate surface area is 163 Å². The molecular weight excluding hydrogens is 413 g/mol. The van der Waals surface area contributed by atoms with E-state index in [1.807, 2.05) is 0 Å². The zero-order valence-corrected chi connectivity index (χ0v) is 17.7. The van der Waals surface area contributed by atoms with Crippen molar-refractivity contribution in [2.75, 3.05) is 20.2 Å². The Morgan fingerprint density at radius 2 is 2.04 bits per heavy atom. The van der Waals surface area contributed by atoms with Crippen LogP contribution in [0.5, 0.6) is 0 Å². The van der Waals surface area contributed by atoms with Gasteiger partial charge in [0.15, 0.2) is 5.96 Å². The van der Waals surface area contributed by atoms with Gasteiger partial charge in [-0.2, -0.15) is 0 Å². The SMILES string of the molecule is CN=C(NCCCOC1CCCc2ccccc21)NC(C)(C)C.I. The van der Waals surface area contributed by atoms with E-state index in [9.17, 15) is 0 Å². The molecule has 1 aromatic carbocycles. The molecule has 1 aliphatic carbocycles. The molecule has 5 heteroatoms. The molecule has 24 heavy (non-hydrogen) atoms. The summed E-state index contributed by atoms with van der Waals surface area (Å²) in [5.74, 6) is 0.848. The lowest BCUT2D eigenvalue weighted by molar-refractivity contribution is 0.0398. The highest BCUT2D eigenvalue weighted by Gasteiger charge is 2.19. The fourth-order valence-electron chi connectivity index (χ4n) is 2.92. The third-order valence-corrected chi connectivity index (χ3v) is 3.96. The van der Waals surface area contributed by atoms with E-state index in [4.69, 9.17) is 4.74 Å². The number of hydrogen-bond acceptors (Lipinski definition) is 2. The summed E-state index contributed by atoms with van der Waals surface area (Å²) in [6.07, 6.45) is 4.79. The van der Waals surface area contributed by atoms with E-state index >= 15 is 0 Å². The Balaban J connectivity index is 0.00000288. The summed E-state index contributed by atoms with van der Waals surface area (Å²) in [4.78, 5) is 4.24. The monoisotopic (exact) mass is 445 g/mol. The van der Waals surface area contributed by atoms with Gasteiger partial charge in [-0.1, -0.05) is 24.3 Å². The number of fused-ring (bicyclic) bond motifs is 1. The molecular formula is C19H32IN3O. The molecule has 136 valence electrons. The van der Waals surface area contributed by atoms with Crippen molar-refractivity contribution in [3.05, 3.63) is 35.4 Å². The number of hydrogen-bond donors (Lipinski definition) is 2. The van der Waals surface area contributed by atoms with Crippen LogP contribution in [-0.2, 0) is 11.2 Å². The van der Waals surface area contributed by atoms with Crippen molar-refractivity contribution in [3.8, 4) is 0 Å². The molecule has 0 aliphatic heterocycles. The number of aliphatic imine (C=N–C) groups is 1. The van der Waals surface area contributed by atoms with Crippen LogP contribution in [0.25, 0.3) is 0 Å². The van der Waals surface area contributed by atoms with Crippen molar-refractivity contribution in [2.24, 2.45) is 4.99 Å². The molecule has 0 radical (unpaired) electrons. The third kappa shape index (κ3) is 6.97. The smallest absolute Gasteiger partial charge is 0.191 e. The quantitative estimate of drug-likeness (QED) is 0.311. The number of nitrogens with one attached hydrogen (secondary N) is 2. The topological polar surface area (TPSA) is 45.7 Å². The van der Waals surface area contributed by atoms with E-state index in [-0.39, 0.29) is 35.6 Å².